The average molecular weight is 679 g/mol. The summed E-state index contributed by atoms with van der Waals surface area (Å²) in [6.45, 7) is -4.14. The fraction of sp³-hybridized carbons (Fsp3) is 0.379. The van der Waals surface area contributed by atoms with E-state index in [1.54, 1.807) is 6.07 Å². The predicted octanol–water partition coefficient (Wildman–Crippen LogP) is 7.16. The van der Waals surface area contributed by atoms with Crippen LogP contribution in [0.25, 0.3) is 0 Å². The molecule has 2 atom stereocenters. The van der Waals surface area contributed by atoms with Crippen molar-refractivity contribution in [3.63, 3.8) is 0 Å². The van der Waals surface area contributed by atoms with E-state index < -0.39 is 80.3 Å². The largest absolute Gasteiger partial charge is 0.573 e. The fourth-order valence-electron chi connectivity index (χ4n) is 4.82. The number of alkyl halides is 12. The Morgan fingerprint density at radius 2 is 0.978 bits per heavy atom. The Balaban J connectivity index is 2.34. The highest BCUT2D eigenvalue weighted by atomic mass is 19.4. The number of halogens is 12. The molecule has 0 spiro atoms. The van der Waals surface area contributed by atoms with Crippen LogP contribution in [0.3, 0.4) is 0 Å². The van der Waals surface area contributed by atoms with Gasteiger partial charge in [0.2, 0.25) is 0 Å². The average Bonchev–Trinajstić information content (AvgIpc) is 2.90. The summed E-state index contributed by atoms with van der Waals surface area (Å²) in [6.07, 6.45) is -28.1. The molecule has 0 amide bonds. The van der Waals surface area contributed by atoms with Crippen LogP contribution in [0, 0.1) is 0 Å². The van der Waals surface area contributed by atoms with Gasteiger partial charge in [-0.2, -0.15) is 26.3 Å². The summed E-state index contributed by atoms with van der Waals surface area (Å²) in [4.78, 5) is 0.383. The van der Waals surface area contributed by atoms with E-state index in [1.165, 1.54) is 24.3 Å². The van der Waals surface area contributed by atoms with Gasteiger partial charge < -0.3 is 19.7 Å². The Bertz CT molecular complexity index is 1330. The molecule has 0 aromatic heterocycles. The normalized spacial score (nSPS) is 14.7. The molecular formula is C29H25F12NO4. The highest BCUT2D eigenvalue weighted by Gasteiger charge is 2.46. The van der Waals surface area contributed by atoms with Crippen LogP contribution in [-0.2, 0) is 11.8 Å². The smallest absolute Gasteiger partial charge is 0.406 e. The molecule has 0 aliphatic heterocycles. The molecule has 17 heteroatoms. The maximum absolute atomic E-state index is 13.4. The van der Waals surface area contributed by atoms with Crippen LogP contribution < -0.4 is 9.47 Å². The van der Waals surface area contributed by atoms with Crippen molar-refractivity contribution in [1.82, 2.24) is 4.90 Å². The number of rotatable bonds is 12. The zero-order valence-corrected chi connectivity index (χ0v) is 23.2. The topological polar surface area (TPSA) is 62.2 Å². The van der Waals surface area contributed by atoms with Gasteiger partial charge in [-0.3, -0.25) is 4.90 Å². The molecule has 0 heterocycles. The second-order valence-electron chi connectivity index (χ2n) is 10.2. The first kappa shape index (κ1) is 36.8. The lowest BCUT2D eigenvalue weighted by atomic mass is 9.69. The van der Waals surface area contributed by atoms with Gasteiger partial charge >= 0.3 is 25.1 Å². The van der Waals surface area contributed by atoms with E-state index in [1.807, 2.05) is 0 Å². The summed E-state index contributed by atoms with van der Waals surface area (Å²) in [5, 5.41) is 19.6. The zero-order chi connectivity index (χ0) is 34.6. The molecule has 3 aromatic rings. The predicted molar refractivity (Wildman–Crippen MR) is 138 cm³/mol. The van der Waals surface area contributed by atoms with E-state index in [2.05, 4.69) is 9.47 Å². The van der Waals surface area contributed by atoms with Gasteiger partial charge in [-0.25, -0.2) is 0 Å². The molecule has 0 fully saturated rings. The highest BCUT2D eigenvalue weighted by molar-refractivity contribution is 5.47. The Morgan fingerprint density at radius 3 is 1.35 bits per heavy atom. The van der Waals surface area contributed by atoms with E-state index in [0.717, 1.165) is 48.5 Å². The van der Waals surface area contributed by atoms with Crippen LogP contribution >= 0.6 is 0 Å². The van der Waals surface area contributed by atoms with Gasteiger partial charge in [0, 0.05) is 25.0 Å². The van der Waals surface area contributed by atoms with E-state index in [9.17, 15) is 62.9 Å². The number of benzene rings is 3. The molecule has 0 unspecified atom stereocenters. The third-order valence-electron chi connectivity index (χ3n) is 6.70. The molecule has 2 N–H and O–H groups in total. The first-order valence-corrected chi connectivity index (χ1v) is 13.1. The Morgan fingerprint density at radius 1 is 0.565 bits per heavy atom. The van der Waals surface area contributed by atoms with E-state index >= 15 is 0 Å². The number of hydrogen-bond acceptors (Lipinski definition) is 5. The monoisotopic (exact) mass is 679 g/mol. The highest BCUT2D eigenvalue weighted by Crippen LogP contribution is 2.41. The maximum Gasteiger partial charge on any atom is 0.573 e. The van der Waals surface area contributed by atoms with Crippen molar-refractivity contribution < 1.29 is 72.4 Å². The molecule has 3 aromatic carbocycles. The van der Waals surface area contributed by atoms with Gasteiger partial charge in [-0.15, -0.1) is 26.3 Å². The molecule has 0 saturated heterocycles. The Labute approximate surface area is 253 Å². The van der Waals surface area contributed by atoms with Crippen molar-refractivity contribution in [2.75, 3.05) is 19.6 Å². The minimum atomic E-state index is -5.36. The van der Waals surface area contributed by atoms with Gasteiger partial charge in [0.15, 0.2) is 12.2 Å². The third kappa shape index (κ3) is 10.7. The van der Waals surface area contributed by atoms with Gasteiger partial charge in [0.1, 0.15) is 11.5 Å². The van der Waals surface area contributed by atoms with Gasteiger partial charge in [0.25, 0.3) is 0 Å². The second-order valence-corrected chi connectivity index (χ2v) is 10.2. The van der Waals surface area contributed by atoms with Crippen LogP contribution in [0.5, 0.6) is 11.5 Å². The molecule has 5 nitrogen and oxygen atoms in total. The molecule has 0 bridgehead atoms. The molecule has 0 aliphatic rings. The van der Waals surface area contributed by atoms with Gasteiger partial charge in [0.05, 0.1) is 0 Å². The molecular weight excluding hydrogens is 654 g/mol. The summed E-state index contributed by atoms with van der Waals surface area (Å²) in [6, 6.07) is 15.1. The van der Waals surface area contributed by atoms with Gasteiger partial charge in [-0.1, -0.05) is 54.6 Å². The first-order chi connectivity index (χ1) is 21.1. The summed E-state index contributed by atoms with van der Waals surface area (Å²) >= 11 is 0. The van der Waals surface area contributed by atoms with Crippen molar-refractivity contribution in [2.45, 2.75) is 49.1 Å². The molecule has 46 heavy (non-hydrogen) atoms. The van der Waals surface area contributed by atoms with Crippen LogP contribution in [-0.4, -0.2) is 72.0 Å². The molecule has 0 aliphatic carbocycles. The molecule has 254 valence electrons. The maximum atomic E-state index is 13.4. The quantitative estimate of drug-likeness (QED) is 0.199. The minimum absolute atomic E-state index is 0.241. The van der Waals surface area contributed by atoms with Crippen LogP contribution in [0.1, 0.15) is 16.7 Å². The Hall–Kier alpha value is -3.70. The van der Waals surface area contributed by atoms with E-state index in [4.69, 9.17) is 0 Å². The van der Waals surface area contributed by atoms with E-state index in [-0.39, 0.29) is 11.1 Å². The summed E-state index contributed by atoms with van der Waals surface area (Å²) in [5.74, 6) is -1.72. The van der Waals surface area contributed by atoms with Crippen molar-refractivity contribution in [3.05, 3.63) is 95.6 Å². The second kappa shape index (κ2) is 14.0. The summed E-state index contributed by atoms with van der Waals surface area (Å²) < 4.78 is 167. The lowest BCUT2D eigenvalue weighted by Crippen LogP contribution is -2.52. The van der Waals surface area contributed by atoms with Crippen molar-refractivity contribution in [3.8, 4) is 11.5 Å². The van der Waals surface area contributed by atoms with E-state index in [0.29, 0.717) is 10.5 Å². The first-order valence-electron chi connectivity index (χ1n) is 13.1. The molecule has 0 radical (unpaired) electrons. The number of aliphatic hydroxyl groups excluding tert-OH is 2. The molecule has 3 rings (SSSR count). The Kier molecular flexibility index (Phi) is 11.2. The van der Waals surface area contributed by atoms with Crippen LogP contribution in [0.15, 0.2) is 78.9 Å². The van der Waals surface area contributed by atoms with Crippen molar-refractivity contribution in [1.29, 1.82) is 0 Å². The van der Waals surface area contributed by atoms with Crippen LogP contribution in [0.4, 0.5) is 52.7 Å². The number of aliphatic hydroxyl groups is 2. The summed E-state index contributed by atoms with van der Waals surface area (Å²) in [7, 11) is 0. The minimum Gasteiger partial charge on any atom is -0.406 e. The number of ether oxygens (including phenoxy) is 2. The zero-order valence-electron chi connectivity index (χ0n) is 23.2. The van der Waals surface area contributed by atoms with Crippen molar-refractivity contribution >= 4 is 0 Å². The molecule has 0 saturated carbocycles. The third-order valence-corrected chi connectivity index (χ3v) is 6.70. The number of nitrogens with zero attached hydrogens (tertiary/aromatic N) is 1. The van der Waals surface area contributed by atoms with Gasteiger partial charge in [-0.05, 0) is 47.4 Å². The summed E-state index contributed by atoms with van der Waals surface area (Å²) in [5.41, 5.74) is -2.24. The number of hydrogen-bond donors (Lipinski definition) is 2. The van der Waals surface area contributed by atoms with Crippen LogP contribution in [0.2, 0.25) is 0 Å². The fourth-order valence-corrected chi connectivity index (χ4v) is 4.82. The van der Waals surface area contributed by atoms with Crippen molar-refractivity contribution in [2.24, 2.45) is 0 Å². The SMILES string of the molecule is O[C@H](CN(C[C@H](O)C(F)(F)F)CC(Cc1ccccc1)(c1cccc(OC(F)(F)F)c1)c1cccc(OC(F)(F)F)c1)C(F)(F)F. The lowest BCUT2D eigenvalue weighted by Gasteiger charge is -2.41. The standard InChI is InChI=1S/C29H25F12NO4/c30-26(31,32)23(43)15-42(16-24(44)27(33,34)35)17-25(14-18-6-2-1-3-7-18,19-8-4-10-21(12-19)45-28(36,37)38)20-9-5-11-22(13-20)46-29(39,40)41/h1-13,23-24,43-44H,14-17H2/t23-,24+. The lowest BCUT2D eigenvalue weighted by molar-refractivity contribution is -0.275.